The van der Waals surface area contributed by atoms with Crippen molar-refractivity contribution in [2.45, 2.75) is 32.1 Å². The molecule has 180 valence electrons. The van der Waals surface area contributed by atoms with Crippen molar-refractivity contribution in [3.8, 4) is 17.1 Å². The highest BCUT2D eigenvalue weighted by Gasteiger charge is 2.31. The van der Waals surface area contributed by atoms with Crippen LogP contribution in [0.1, 0.15) is 26.2 Å². The minimum atomic E-state index is -3.56. The maximum Gasteiger partial charge on any atom is 0.262 e. The molecule has 2 heterocycles. The number of hydrogen-bond acceptors (Lipinski definition) is 7. The highest BCUT2D eigenvalue weighted by atomic mass is 32.2. The first-order valence-corrected chi connectivity index (χ1v) is 12.6. The minimum Gasteiger partial charge on any atom is -0.484 e. The van der Waals surface area contributed by atoms with Gasteiger partial charge in [-0.3, -0.25) is 4.79 Å². The fourth-order valence-electron chi connectivity index (χ4n) is 4.12. The van der Waals surface area contributed by atoms with Crippen LogP contribution in [0, 0.1) is 18.8 Å². The monoisotopic (exact) mass is 484 g/mol. The molecule has 1 amide bonds. The van der Waals surface area contributed by atoms with Crippen LogP contribution in [0.4, 0.5) is 5.69 Å². The van der Waals surface area contributed by atoms with E-state index in [0.29, 0.717) is 48.1 Å². The van der Waals surface area contributed by atoms with Crippen LogP contribution in [0.15, 0.2) is 57.9 Å². The van der Waals surface area contributed by atoms with Gasteiger partial charge >= 0.3 is 0 Å². The molecule has 0 aliphatic carbocycles. The van der Waals surface area contributed by atoms with Crippen LogP contribution in [0.25, 0.3) is 11.4 Å². The van der Waals surface area contributed by atoms with Gasteiger partial charge in [0, 0.05) is 31.3 Å². The number of anilines is 1. The zero-order chi connectivity index (χ0) is 24.3. The van der Waals surface area contributed by atoms with Crippen LogP contribution in [0.2, 0.25) is 0 Å². The van der Waals surface area contributed by atoms with Crippen molar-refractivity contribution in [3.63, 3.8) is 0 Å². The highest BCUT2D eigenvalue weighted by Crippen LogP contribution is 2.27. The SMILES string of the molecule is Cc1nc(-c2ccc(OCC(=O)Nc3ccc(S(=O)(=O)N4CC(C)CC(C)C4)cc3)cc2)no1. The Bertz CT molecular complexity index is 1230. The molecule has 4 rings (SSSR count). The predicted octanol–water partition coefficient (Wildman–Crippen LogP) is 3.73. The van der Waals surface area contributed by atoms with E-state index >= 15 is 0 Å². The van der Waals surface area contributed by atoms with Gasteiger partial charge in [-0.25, -0.2) is 8.42 Å². The van der Waals surface area contributed by atoms with E-state index in [1.807, 2.05) is 0 Å². The molecule has 1 N–H and O–H groups in total. The van der Waals surface area contributed by atoms with Gasteiger partial charge in [0.15, 0.2) is 6.61 Å². The Hall–Kier alpha value is -3.24. The summed E-state index contributed by atoms with van der Waals surface area (Å²) in [6.45, 7) is 6.72. The molecule has 1 saturated heterocycles. The molecule has 2 atom stereocenters. The fourth-order valence-corrected chi connectivity index (χ4v) is 5.80. The summed E-state index contributed by atoms with van der Waals surface area (Å²) in [5.74, 6) is 1.79. The predicted molar refractivity (Wildman–Crippen MR) is 127 cm³/mol. The smallest absolute Gasteiger partial charge is 0.262 e. The maximum absolute atomic E-state index is 13.0. The lowest BCUT2D eigenvalue weighted by Gasteiger charge is -2.34. The summed E-state index contributed by atoms with van der Waals surface area (Å²) in [5.41, 5.74) is 1.27. The topological polar surface area (TPSA) is 115 Å². The molecule has 1 aliphatic rings. The number of nitrogens with one attached hydrogen (secondary N) is 1. The average Bonchev–Trinajstić information content (AvgIpc) is 3.24. The van der Waals surface area contributed by atoms with E-state index in [4.69, 9.17) is 9.26 Å². The highest BCUT2D eigenvalue weighted by molar-refractivity contribution is 7.89. The zero-order valence-corrected chi connectivity index (χ0v) is 20.2. The van der Waals surface area contributed by atoms with Gasteiger partial charge in [0.25, 0.3) is 5.91 Å². The van der Waals surface area contributed by atoms with Gasteiger partial charge in [0.2, 0.25) is 21.7 Å². The third kappa shape index (κ3) is 5.63. The van der Waals surface area contributed by atoms with Crippen molar-refractivity contribution < 1.29 is 22.5 Å². The number of amides is 1. The molecule has 1 fully saturated rings. The van der Waals surface area contributed by atoms with E-state index < -0.39 is 10.0 Å². The Labute approximate surface area is 199 Å². The van der Waals surface area contributed by atoms with Crippen molar-refractivity contribution in [1.29, 1.82) is 0 Å². The van der Waals surface area contributed by atoms with E-state index in [1.165, 1.54) is 12.1 Å². The number of nitrogens with zero attached hydrogens (tertiary/aromatic N) is 3. The van der Waals surface area contributed by atoms with Crippen molar-refractivity contribution in [2.24, 2.45) is 11.8 Å². The quantitative estimate of drug-likeness (QED) is 0.543. The molecule has 9 nitrogen and oxygen atoms in total. The lowest BCUT2D eigenvalue weighted by Crippen LogP contribution is -2.42. The van der Waals surface area contributed by atoms with Crippen LogP contribution < -0.4 is 10.1 Å². The molecule has 1 aromatic heterocycles. The summed E-state index contributed by atoms with van der Waals surface area (Å²) in [5, 5.41) is 6.58. The molecule has 34 heavy (non-hydrogen) atoms. The van der Waals surface area contributed by atoms with Crippen LogP contribution in [0.5, 0.6) is 5.75 Å². The number of rotatable bonds is 7. The second-order valence-electron chi connectivity index (χ2n) is 8.79. The maximum atomic E-state index is 13.0. The lowest BCUT2D eigenvalue weighted by molar-refractivity contribution is -0.118. The molecule has 0 radical (unpaired) electrons. The summed E-state index contributed by atoms with van der Waals surface area (Å²) in [7, 11) is -3.56. The van der Waals surface area contributed by atoms with Crippen LogP contribution >= 0.6 is 0 Å². The number of piperidine rings is 1. The van der Waals surface area contributed by atoms with Crippen LogP contribution in [-0.4, -0.2) is 48.5 Å². The minimum absolute atomic E-state index is 0.190. The first-order valence-electron chi connectivity index (χ1n) is 11.1. The summed E-state index contributed by atoms with van der Waals surface area (Å²) >= 11 is 0. The van der Waals surface area contributed by atoms with E-state index in [0.717, 1.165) is 12.0 Å². The Morgan fingerprint density at radius 2 is 1.74 bits per heavy atom. The largest absolute Gasteiger partial charge is 0.484 e. The Morgan fingerprint density at radius 3 is 2.32 bits per heavy atom. The summed E-state index contributed by atoms with van der Waals surface area (Å²) < 4.78 is 38.0. The number of benzene rings is 2. The molecular weight excluding hydrogens is 456 g/mol. The van der Waals surface area contributed by atoms with E-state index in [1.54, 1.807) is 47.6 Å². The van der Waals surface area contributed by atoms with Crippen molar-refractivity contribution in [1.82, 2.24) is 14.4 Å². The Morgan fingerprint density at radius 1 is 1.09 bits per heavy atom. The first kappa shape index (κ1) is 23.9. The first-order chi connectivity index (χ1) is 16.2. The lowest BCUT2D eigenvalue weighted by atomic mass is 9.94. The summed E-state index contributed by atoms with van der Waals surface area (Å²) in [6.07, 6.45) is 1.03. The number of ether oxygens (including phenoxy) is 1. The molecule has 1 aliphatic heterocycles. The molecule has 10 heteroatoms. The number of aromatic nitrogens is 2. The van der Waals surface area contributed by atoms with Crippen molar-refractivity contribution in [3.05, 3.63) is 54.4 Å². The average molecular weight is 485 g/mol. The second kappa shape index (κ2) is 9.94. The second-order valence-corrected chi connectivity index (χ2v) is 10.7. The third-order valence-electron chi connectivity index (χ3n) is 5.62. The van der Waals surface area contributed by atoms with Gasteiger partial charge in [-0.05, 0) is 66.8 Å². The van der Waals surface area contributed by atoms with Gasteiger partial charge in [-0.1, -0.05) is 19.0 Å². The number of carbonyl (C=O) groups is 1. The van der Waals surface area contributed by atoms with E-state index in [9.17, 15) is 13.2 Å². The molecule has 2 unspecified atom stereocenters. The standard InChI is InChI=1S/C24H28N4O5S/c1-16-12-17(2)14-28(13-16)34(30,31)22-10-6-20(7-11-22)26-23(29)15-32-21-8-4-19(5-9-21)24-25-18(3)33-27-24/h4-11,16-17H,12-15H2,1-3H3,(H,26,29). The third-order valence-corrected chi connectivity index (χ3v) is 7.47. The van der Waals surface area contributed by atoms with Gasteiger partial charge < -0.3 is 14.6 Å². The summed E-state index contributed by atoms with van der Waals surface area (Å²) in [4.78, 5) is 16.7. The number of aryl methyl sites for hydroxylation is 1. The molecule has 0 saturated carbocycles. The molecule has 3 aromatic rings. The number of hydrogen-bond donors (Lipinski definition) is 1. The zero-order valence-electron chi connectivity index (χ0n) is 19.4. The van der Waals surface area contributed by atoms with Gasteiger partial charge in [0.1, 0.15) is 5.75 Å². The molecular formula is C24H28N4O5S. The molecule has 2 aromatic carbocycles. The normalized spacial score (nSPS) is 19.0. The van der Waals surface area contributed by atoms with Crippen molar-refractivity contribution >= 4 is 21.6 Å². The van der Waals surface area contributed by atoms with E-state index in [2.05, 4.69) is 29.3 Å². The van der Waals surface area contributed by atoms with Crippen LogP contribution in [-0.2, 0) is 14.8 Å². The number of carbonyl (C=O) groups excluding carboxylic acids is 1. The van der Waals surface area contributed by atoms with Crippen LogP contribution in [0.3, 0.4) is 0 Å². The van der Waals surface area contributed by atoms with Crippen molar-refractivity contribution in [2.75, 3.05) is 25.0 Å². The van der Waals surface area contributed by atoms with Gasteiger partial charge in [-0.15, -0.1) is 0 Å². The van der Waals surface area contributed by atoms with E-state index in [-0.39, 0.29) is 17.4 Å². The Kier molecular flexibility index (Phi) is 6.99. The molecule has 0 bridgehead atoms. The Balaban J connectivity index is 1.31. The van der Waals surface area contributed by atoms with Gasteiger partial charge in [0.05, 0.1) is 4.90 Å². The molecule has 0 spiro atoms. The van der Waals surface area contributed by atoms with Gasteiger partial charge in [-0.2, -0.15) is 9.29 Å². The fraction of sp³-hybridized carbons (Fsp3) is 0.375. The summed E-state index contributed by atoms with van der Waals surface area (Å²) in [6, 6.07) is 13.2. The number of sulfonamides is 1.